The minimum absolute atomic E-state index is 0.260. The molecule has 0 radical (unpaired) electrons. The van der Waals surface area contributed by atoms with Crippen LogP contribution in [0.2, 0.25) is 0 Å². The molecule has 19 heavy (non-hydrogen) atoms. The first-order valence-corrected chi connectivity index (χ1v) is 7.40. The van der Waals surface area contributed by atoms with E-state index in [1.807, 2.05) is 4.68 Å². The highest BCUT2D eigenvalue weighted by molar-refractivity contribution is 5.14. The Morgan fingerprint density at radius 3 is 2.89 bits per heavy atom. The third-order valence-electron chi connectivity index (χ3n) is 4.71. The molecule has 2 aliphatic rings. The van der Waals surface area contributed by atoms with E-state index < -0.39 is 0 Å². The monoisotopic (exact) mass is 263 g/mol. The molecule has 0 aromatic carbocycles. The maximum Gasteiger partial charge on any atom is 0.0676 e. The van der Waals surface area contributed by atoms with Gasteiger partial charge in [0.1, 0.15) is 0 Å². The minimum atomic E-state index is 0.260. The quantitative estimate of drug-likeness (QED) is 0.878. The van der Waals surface area contributed by atoms with Gasteiger partial charge in [-0.05, 0) is 51.6 Å². The van der Waals surface area contributed by atoms with Gasteiger partial charge in [-0.2, -0.15) is 5.10 Å². The smallest absolute Gasteiger partial charge is 0.0676 e. The van der Waals surface area contributed by atoms with E-state index in [1.54, 1.807) is 0 Å². The molecule has 1 aliphatic heterocycles. The molecule has 1 aromatic heterocycles. The van der Waals surface area contributed by atoms with Crippen LogP contribution in [-0.4, -0.2) is 36.1 Å². The van der Waals surface area contributed by atoms with Crippen molar-refractivity contribution in [3.8, 4) is 0 Å². The summed E-state index contributed by atoms with van der Waals surface area (Å²) in [6.45, 7) is 4.02. The Morgan fingerprint density at radius 1 is 1.53 bits per heavy atom. The average Bonchev–Trinajstić information content (AvgIpc) is 3.04. The van der Waals surface area contributed by atoms with E-state index >= 15 is 0 Å². The molecule has 2 fully saturated rings. The summed E-state index contributed by atoms with van der Waals surface area (Å²) in [6, 6.07) is 2.22. The van der Waals surface area contributed by atoms with Crippen LogP contribution in [0.1, 0.15) is 30.7 Å². The molecule has 0 bridgehead atoms. The van der Waals surface area contributed by atoms with E-state index in [0.29, 0.717) is 6.10 Å². The lowest BCUT2D eigenvalue weighted by molar-refractivity contribution is 0.0307. The van der Waals surface area contributed by atoms with Gasteiger partial charge in [0.15, 0.2) is 0 Å². The SMILES string of the molecule is CNCC1(Cc2cc(C)nn2C)CCOC1C1CC1. The first kappa shape index (κ1) is 13.1. The minimum Gasteiger partial charge on any atom is -0.377 e. The van der Waals surface area contributed by atoms with Gasteiger partial charge in [0.25, 0.3) is 0 Å². The van der Waals surface area contributed by atoms with E-state index in [2.05, 4.69) is 37.5 Å². The predicted molar refractivity (Wildman–Crippen MR) is 75.1 cm³/mol. The van der Waals surface area contributed by atoms with E-state index in [0.717, 1.165) is 31.2 Å². The summed E-state index contributed by atoms with van der Waals surface area (Å²) in [6.07, 6.45) is 5.38. The topological polar surface area (TPSA) is 39.1 Å². The van der Waals surface area contributed by atoms with Crippen molar-refractivity contribution in [2.75, 3.05) is 20.2 Å². The Balaban J connectivity index is 1.85. The number of nitrogens with zero attached hydrogens (tertiary/aromatic N) is 2. The van der Waals surface area contributed by atoms with Crippen molar-refractivity contribution >= 4 is 0 Å². The zero-order valence-electron chi connectivity index (χ0n) is 12.3. The number of rotatable bonds is 5. The largest absolute Gasteiger partial charge is 0.377 e. The predicted octanol–water partition coefficient (Wildman–Crippen LogP) is 1.68. The standard InChI is InChI=1S/C15H25N3O/c1-11-8-13(18(3)17-11)9-15(10-16-2)6-7-19-14(15)12-4-5-12/h8,12,14,16H,4-7,9-10H2,1-3H3. The Kier molecular flexibility index (Phi) is 3.39. The van der Waals surface area contributed by atoms with Crippen LogP contribution in [0.25, 0.3) is 0 Å². The molecule has 1 aliphatic carbocycles. The zero-order valence-corrected chi connectivity index (χ0v) is 12.3. The Bertz CT molecular complexity index is 452. The molecule has 4 heteroatoms. The average molecular weight is 263 g/mol. The Morgan fingerprint density at radius 2 is 2.32 bits per heavy atom. The molecule has 1 saturated heterocycles. The summed E-state index contributed by atoms with van der Waals surface area (Å²) in [5, 5.41) is 7.89. The Hall–Kier alpha value is -0.870. The molecular weight excluding hydrogens is 238 g/mol. The highest BCUT2D eigenvalue weighted by Gasteiger charge is 2.50. The summed E-state index contributed by atoms with van der Waals surface area (Å²) >= 11 is 0. The number of aryl methyl sites for hydroxylation is 2. The molecule has 1 aromatic rings. The van der Waals surface area contributed by atoms with Crippen molar-refractivity contribution < 1.29 is 4.74 Å². The second-order valence-electron chi connectivity index (χ2n) is 6.35. The fourth-order valence-electron chi connectivity index (χ4n) is 3.73. The number of hydrogen-bond donors (Lipinski definition) is 1. The van der Waals surface area contributed by atoms with Crippen LogP contribution in [0.5, 0.6) is 0 Å². The zero-order chi connectivity index (χ0) is 13.5. The summed E-state index contributed by atoms with van der Waals surface area (Å²) < 4.78 is 8.13. The van der Waals surface area contributed by atoms with Crippen molar-refractivity contribution in [2.24, 2.45) is 18.4 Å². The molecule has 2 heterocycles. The Labute approximate surface area is 115 Å². The molecule has 106 valence electrons. The van der Waals surface area contributed by atoms with Gasteiger partial charge in [0, 0.05) is 31.3 Å². The summed E-state index contributed by atoms with van der Waals surface area (Å²) in [7, 11) is 4.11. The lowest BCUT2D eigenvalue weighted by Crippen LogP contribution is -2.43. The fourth-order valence-corrected chi connectivity index (χ4v) is 3.73. The summed E-state index contributed by atoms with van der Waals surface area (Å²) in [5.41, 5.74) is 2.71. The van der Waals surface area contributed by atoms with E-state index in [4.69, 9.17) is 4.74 Å². The van der Waals surface area contributed by atoms with Gasteiger partial charge in [-0.15, -0.1) is 0 Å². The van der Waals surface area contributed by atoms with Gasteiger partial charge < -0.3 is 10.1 Å². The molecule has 0 spiro atoms. The maximum atomic E-state index is 6.09. The van der Waals surface area contributed by atoms with Gasteiger partial charge >= 0.3 is 0 Å². The molecule has 1 saturated carbocycles. The van der Waals surface area contributed by atoms with Crippen LogP contribution in [0.15, 0.2) is 6.07 Å². The number of aromatic nitrogens is 2. The van der Waals surface area contributed by atoms with Crippen molar-refractivity contribution in [1.82, 2.24) is 15.1 Å². The first-order chi connectivity index (χ1) is 9.14. The second kappa shape index (κ2) is 4.91. The normalized spacial score (nSPS) is 31.0. The van der Waals surface area contributed by atoms with Gasteiger partial charge in [-0.3, -0.25) is 4.68 Å². The van der Waals surface area contributed by atoms with Gasteiger partial charge in [-0.25, -0.2) is 0 Å². The van der Waals surface area contributed by atoms with Crippen LogP contribution < -0.4 is 5.32 Å². The molecular formula is C15H25N3O. The number of nitrogens with one attached hydrogen (secondary N) is 1. The van der Waals surface area contributed by atoms with Crippen molar-refractivity contribution in [3.63, 3.8) is 0 Å². The lowest BCUT2D eigenvalue weighted by Gasteiger charge is -2.34. The summed E-state index contributed by atoms with van der Waals surface area (Å²) in [5.74, 6) is 0.796. The van der Waals surface area contributed by atoms with Crippen molar-refractivity contribution in [3.05, 3.63) is 17.5 Å². The molecule has 2 atom stereocenters. The van der Waals surface area contributed by atoms with Crippen LogP contribution >= 0.6 is 0 Å². The third kappa shape index (κ3) is 2.43. The van der Waals surface area contributed by atoms with E-state index in [1.165, 1.54) is 25.0 Å². The number of ether oxygens (including phenoxy) is 1. The van der Waals surface area contributed by atoms with Gasteiger partial charge in [-0.1, -0.05) is 0 Å². The highest BCUT2D eigenvalue weighted by atomic mass is 16.5. The molecule has 4 nitrogen and oxygen atoms in total. The second-order valence-corrected chi connectivity index (χ2v) is 6.35. The lowest BCUT2D eigenvalue weighted by atomic mass is 9.75. The van der Waals surface area contributed by atoms with Crippen LogP contribution in [0.3, 0.4) is 0 Å². The van der Waals surface area contributed by atoms with Crippen molar-refractivity contribution in [1.29, 1.82) is 0 Å². The summed E-state index contributed by atoms with van der Waals surface area (Å²) in [4.78, 5) is 0. The van der Waals surface area contributed by atoms with Crippen molar-refractivity contribution in [2.45, 2.75) is 38.7 Å². The fraction of sp³-hybridized carbons (Fsp3) is 0.800. The van der Waals surface area contributed by atoms with Gasteiger partial charge in [0.2, 0.25) is 0 Å². The molecule has 0 amide bonds. The molecule has 3 rings (SSSR count). The van der Waals surface area contributed by atoms with E-state index in [9.17, 15) is 0 Å². The van der Waals surface area contributed by atoms with Crippen LogP contribution in [0.4, 0.5) is 0 Å². The first-order valence-electron chi connectivity index (χ1n) is 7.40. The maximum absolute atomic E-state index is 6.09. The van der Waals surface area contributed by atoms with Crippen LogP contribution in [0, 0.1) is 18.3 Å². The molecule has 1 N–H and O–H groups in total. The van der Waals surface area contributed by atoms with E-state index in [-0.39, 0.29) is 5.41 Å². The highest BCUT2D eigenvalue weighted by Crippen LogP contribution is 2.49. The van der Waals surface area contributed by atoms with Crippen LogP contribution in [-0.2, 0) is 18.2 Å². The van der Waals surface area contributed by atoms with Gasteiger partial charge in [0.05, 0.1) is 11.8 Å². The number of hydrogen-bond acceptors (Lipinski definition) is 3. The molecule has 2 unspecified atom stereocenters. The third-order valence-corrected chi connectivity index (χ3v) is 4.71.